The molecule has 5 nitrogen and oxygen atoms in total. The average molecular weight is 254 g/mol. The van der Waals surface area contributed by atoms with Crippen molar-refractivity contribution in [1.82, 2.24) is 0 Å². The summed E-state index contributed by atoms with van der Waals surface area (Å²) in [4.78, 5) is 23.2. The predicted molar refractivity (Wildman–Crippen MR) is 69.4 cm³/mol. The Morgan fingerprint density at radius 1 is 1.11 bits per heavy atom. The molecule has 2 amide bonds. The van der Waals surface area contributed by atoms with Crippen LogP contribution in [0.25, 0.3) is 0 Å². The van der Waals surface area contributed by atoms with E-state index >= 15 is 0 Å². The summed E-state index contributed by atoms with van der Waals surface area (Å²) in [6, 6.07) is 11.6. The van der Waals surface area contributed by atoms with E-state index in [1.165, 1.54) is 6.07 Å². The minimum Gasteiger partial charge on any atom is -0.454 e. The minimum atomic E-state index is -0.557. The van der Waals surface area contributed by atoms with E-state index in [-0.39, 0.29) is 5.91 Å². The number of hydrogen-bond donors (Lipinski definition) is 2. The van der Waals surface area contributed by atoms with Gasteiger partial charge in [0.05, 0.1) is 11.3 Å². The molecule has 1 aliphatic rings. The van der Waals surface area contributed by atoms with E-state index in [1.54, 1.807) is 36.4 Å². The van der Waals surface area contributed by atoms with Gasteiger partial charge in [0.15, 0.2) is 5.75 Å². The molecule has 0 aliphatic carbocycles. The van der Waals surface area contributed by atoms with Crippen LogP contribution in [0.2, 0.25) is 0 Å². The molecular formula is C14H10N2O3. The number of nitrogens with two attached hydrogens (primary N) is 1. The molecule has 0 spiro atoms. The van der Waals surface area contributed by atoms with Gasteiger partial charge in [-0.05, 0) is 30.3 Å². The maximum atomic E-state index is 12.0. The van der Waals surface area contributed by atoms with Crippen molar-refractivity contribution < 1.29 is 14.3 Å². The van der Waals surface area contributed by atoms with Crippen molar-refractivity contribution >= 4 is 17.5 Å². The van der Waals surface area contributed by atoms with Crippen molar-refractivity contribution in [2.24, 2.45) is 5.73 Å². The SMILES string of the molecule is NC(=O)c1ccc2c(c1)NC(=O)c1ccccc1O2. The lowest BCUT2D eigenvalue weighted by Crippen LogP contribution is -2.13. The number of nitrogens with one attached hydrogen (secondary N) is 1. The van der Waals surface area contributed by atoms with Crippen molar-refractivity contribution in [2.45, 2.75) is 0 Å². The molecule has 19 heavy (non-hydrogen) atoms. The van der Waals surface area contributed by atoms with Crippen molar-refractivity contribution in [3.05, 3.63) is 53.6 Å². The molecule has 0 unspecified atom stereocenters. The van der Waals surface area contributed by atoms with Gasteiger partial charge in [-0.3, -0.25) is 9.59 Å². The molecule has 2 aromatic carbocycles. The first-order valence-corrected chi connectivity index (χ1v) is 5.67. The number of rotatable bonds is 1. The van der Waals surface area contributed by atoms with Gasteiger partial charge < -0.3 is 15.8 Å². The summed E-state index contributed by atoms with van der Waals surface area (Å²) in [5, 5.41) is 2.70. The summed E-state index contributed by atoms with van der Waals surface area (Å²) in [7, 11) is 0. The highest BCUT2D eigenvalue weighted by atomic mass is 16.5. The fourth-order valence-corrected chi connectivity index (χ4v) is 1.92. The highest BCUT2D eigenvalue weighted by Gasteiger charge is 2.20. The fourth-order valence-electron chi connectivity index (χ4n) is 1.92. The van der Waals surface area contributed by atoms with Gasteiger partial charge in [0.2, 0.25) is 5.91 Å². The van der Waals surface area contributed by atoms with E-state index < -0.39 is 5.91 Å². The molecule has 0 aromatic heterocycles. The molecule has 0 fully saturated rings. The van der Waals surface area contributed by atoms with Crippen LogP contribution in [-0.2, 0) is 0 Å². The quantitative estimate of drug-likeness (QED) is 0.818. The number of primary amides is 1. The van der Waals surface area contributed by atoms with E-state index in [1.807, 2.05) is 0 Å². The second-order valence-electron chi connectivity index (χ2n) is 4.13. The molecule has 0 bridgehead atoms. The number of fused-ring (bicyclic) bond motifs is 2. The molecule has 2 aromatic rings. The Hall–Kier alpha value is -2.82. The Bertz CT molecular complexity index is 695. The summed E-state index contributed by atoms with van der Waals surface area (Å²) in [5.74, 6) is 0.114. The molecular weight excluding hydrogens is 244 g/mol. The highest BCUT2D eigenvalue weighted by molar-refractivity contribution is 6.08. The molecule has 94 valence electrons. The number of carbonyl (C=O) groups excluding carboxylic acids is 2. The molecule has 3 N–H and O–H groups in total. The van der Waals surface area contributed by atoms with E-state index in [4.69, 9.17) is 10.5 Å². The first-order chi connectivity index (χ1) is 9.15. The van der Waals surface area contributed by atoms with Crippen LogP contribution in [0.1, 0.15) is 20.7 Å². The Morgan fingerprint density at radius 2 is 1.89 bits per heavy atom. The van der Waals surface area contributed by atoms with E-state index in [0.29, 0.717) is 28.3 Å². The maximum Gasteiger partial charge on any atom is 0.259 e. The fraction of sp³-hybridized carbons (Fsp3) is 0. The van der Waals surface area contributed by atoms with Crippen LogP contribution in [0.15, 0.2) is 42.5 Å². The smallest absolute Gasteiger partial charge is 0.259 e. The molecule has 3 rings (SSSR count). The lowest BCUT2D eigenvalue weighted by molar-refractivity contribution is 0.0996. The number of para-hydroxylation sites is 1. The van der Waals surface area contributed by atoms with E-state index in [0.717, 1.165) is 0 Å². The topological polar surface area (TPSA) is 81.4 Å². The van der Waals surface area contributed by atoms with Crippen molar-refractivity contribution in [3.63, 3.8) is 0 Å². The largest absolute Gasteiger partial charge is 0.454 e. The van der Waals surface area contributed by atoms with Gasteiger partial charge >= 0.3 is 0 Å². The van der Waals surface area contributed by atoms with Crippen LogP contribution in [-0.4, -0.2) is 11.8 Å². The highest BCUT2D eigenvalue weighted by Crippen LogP contribution is 2.35. The van der Waals surface area contributed by atoms with Crippen LogP contribution in [0.3, 0.4) is 0 Å². The third kappa shape index (κ3) is 1.91. The third-order valence-corrected chi connectivity index (χ3v) is 2.86. The molecule has 0 saturated carbocycles. The minimum absolute atomic E-state index is 0.282. The summed E-state index contributed by atoms with van der Waals surface area (Å²) < 4.78 is 5.67. The van der Waals surface area contributed by atoms with Crippen LogP contribution < -0.4 is 15.8 Å². The lowest BCUT2D eigenvalue weighted by atomic mass is 10.1. The van der Waals surface area contributed by atoms with Crippen molar-refractivity contribution in [3.8, 4) is 11.5 Å². The monoisotopic (exact) mass is 254 g/mol. The number of anilines is 1. The average Bonchev–Trinajstić information content (AvgIpc) is 2.54. The summed E-state index contributed by atoms with van der Waals surface area (Å²) in [5.41, 5.74) is 6.40. The van der Waals surface area contributed by atoms with E-state index in [9.17, 15) is 9.59 Å². The normalized spacial score (nSPS) is 12.5. The lowest BCUT2D eigenvalue weighted by Gasteiger charge is -2.08. The first kappa shape index (κ1) is 11.3. The Balaban J connectivity index is 2.12. The van der Waals surface area contributed by atoms with Crippen molar-refractivity contribution in [2.75, 3.05) is 5.32 Å². The molecule has 0 radical (unpaired) electrons. The second kappa shape index (κ2) is 4.13. The zero-order valence-corrected chi connectivity index (χ0v) is 9.84. The summed E-state index contributed by atoms with van der Waals surface area (Å²) in [6.45, 7) is 0. The number of ether oxygens (including phenoxy) is 1. The van der Waals surface area contributed by atoms with Gasteiger partial charge in [-0.15, -0.1) is 0 Å². The summed E-state index contributed by atoms with van der Waals surface area (Å²) >= 11 is 0. The molecule has 5 heteroatoms. The molecule has 1 heterocycles. The van der Waals surface area contributed by atoms with Gasteiger partial charge in [0.25, 0.3) is 5.91 Å². The number of amides is 2. The number of hydrogen-bond acceptors (Lipinski definition) is 3. The third-order valence-electron chi connectivity index (χ3n) is 2.86. The molecule has 1 aliphatic heterocycles. The zero-order chi connectivity index (χ0) is 13.4. The predicted octanol–water partition coefficient (Wildman–Crippen LogP) is 2.14. The number of benzene rings is 2. The van der Waals surface area contributed by atoms with Gasteiger partial charge in [-0.2, -0.15) is 0 Å². The van der Waals surface area contributed by atoms with E-state index in [2.05, 4.69) is 5.32 Å². The second-order valence-corrected chi connectivity index (χ2v) is 4.13. The van der Waals surface area contributed by atoms with Crippen LogP contribution in [0.4, 0.5) is 5.69 Å². The zero-order valence-electron chi connectivity index (χ0n) is 9.84. The Labute approximate surface area is 109 Å². The Morgan fingerprint density at radius 3 is 2.68 bits per heavy atom. The van der Waals surface area contributed by atoms with Gasteiger partial charge in [0, 0.05) is 5.56 Å². The molecule has 0 atom stereocenters. The first-order valence-electron chi connectivity index (χ1n) is 5.67. The van der Waals surface area contributed by atoms with Gasteiger partial charge in [-0.1, -0.05) is 12.1 Å². The van der Waals surface area contributed by atoms with Crippen LogP contribution in [0, 0.1) is 0 Å². The van der Waals surface area contributed by atoms with Gasteiger partial charge in [0.1, 0.15) is 5.75 Å². The van der Waals surface area contributed by atoms with Gasteiger partial charge in [-0.25, -0.2) is 0 Å². The van der Waals surface area contributed by atoms with Crippen molar-refractivity contribution in [1.29, 1.82) is 0 Å². The van der Waals surface area contributed by atoms with Crippen LogP contribution >= 0.6 is 0 Å². The standard InChI is InChI=1S/C14H10N2O3/c15-13(17)8-5-6-12-10(7-8)16-14(18)9-3-1-2-4-11(9)19-12/h1-7H,(H2,15,17)(H,16,18). The number of carbonyl (C=O) groups is 2. The Kier molecular flexibility index (Phi) is 2.45. The maximum absolute atomic E-state index is 12.0. The summed E-state index contributed by atoms with van der Waals surface area (Å²) in [6.07, 6.45) is 0. The molecule has 0 saturated heterocycles. The van der Waals surface area contributed by atoms with Crippen LogP contribution in [0.5, 0.6) is 11.5 Å².